The molecule has 1 aromatic rings. The molecule has 0 spiro atoms. The van der Waals surface area contributed by atoms with E-state index in [1.54, 1.807) is 24.3 Å². The summed E-state index contributed by atoms with van der Waals surface area (Å²) in [6, 6.07) is 6.86. The Bertz CT molecular complexity index is 461. The van der Waals surface area contributed by atoms with Crippen molar-refractivity contribution in [2.45, 2.75) is 23.8 Å². The average molecular weight is 335 g/mol. The lowest BCUT2D eigenvalue weighted by Crippen LogP contribution is -2.21. The number of hydrogen-bond donors (Lipinski definition) is 2. The number of carboxylic acid groups (broad SMARTS) is 1. The topological polar surface area (TPSA) is 63.3 Å². The van der Waals surface area contributed by atoms with Crippen LogP contribution in [0.15, 0.2) is 29.2 Å². The smallest absolute Gasteiger partial charge is 0.475 e. The first-order chi connectivity index (χ1) is 9.47. The van der Waals surface area contributed by atoms with Crippen molar-refractivity contribution in [1.82, 2.24) is 0 Å². The molecule has 0 amide bonds. The van der Waals surface area contributed by atoms with Gasteiger partial charge in [0, 0.05) is 11.4 Å². The molecule has 0 saturated heterocycles. The number of alkyl halides is 6. The molecule has 3 nitrogen and oxygen atoms in total. The van der Waals surface area contributed by atoms with E-state index in [0.29, 0.717) is 4.90 Å². The Hall–Kier alpha value is -1.42. The molecule has 0 aliphatic rings. The van der Waals surface area contributed by atoms with Crippen LogP contribution in [0.2, 0.25) is 0 Å². The van der Waals surface area contributed by atoms with Gasteiger partial charge in [-0.15, -0.1) is 11.8 Å². The van der Waals surface area contributed by atoms with Gasteiger partial charge in [-0.25, -0.2) is 4.79 Å². The lowest BCUT2D eigenvalue weighted by molar-refractivity contribution is -0.192. The Kier molecular flexibility index (Phi) is 7.58. The molecular weight excluding hydrogens is 324 g/mol. The zero-order chi connectivity index (χ0) is 16.7. The number of rotatable bonds is 3. The van der Waals surface area contributed by atoms with Crippen molar-refractivity contribution in [3.8, 4) is 0 Å². The monoisotopic (exact) mass is 335 g/mol. The van der Waals surface area contributed by atoms with E-state index in [0.717, 1.165) is 17.3 Å². The van der Waals surface area contributed by atoms with E-state index in [1.807, 2.05) is 0 Å². The molecule has 0 radical (unpaired) electrons. The third-order valence-electron chi connectivity index (χ3n) is 1.83. The molecule has 0 aliphatic carbocycles. The summed E-state index contributed by atoms with van der Waals surface area (Å²) in [6.07, 6.45) is -9.22. The number of halogens is 6. The lowest BCUT2D eigenvalue weighted by Gasteiger charge is -2.08. The van der Waals surface area contributed by atoms with Gasteiger partial charge in [0.1, 0.15) is 0 Å². The molecule has 0 atom stereocenters. The summed E-state index contributed by atoms with van der Waals surface area (Å²) in [6.45, 7) is 0.265. The van der Waals surface area contributed by atoms with Crippen LogP contribution in [0.3, 0.4) is 0 Å². The number of thioether (sulfide) groups is 1. The van der Waals surface area contributed by atoms with Gasteiger partial charge in [-0.1, -0.05) is 18.2 Å². The van der Waals surface area contributed by atoms with E-state index in [4.69, 9.17) is 15.6 Å². The van der Waals surface area contributed by atoms with Gasteiger partial charge in [0.05, 0.1) is 5.75 Å². The summed E-state index contributed by atoms with van der Waals surface area (Å²) in [5, 5.41) is 7.12. The predicted molar refractivity (Wildman–Crippen MR) is 64.8 cm³/mol. The van der Waals surface area contributed by atoms with Gasteiger partial charge in [0.15, 0.2) is 0 Å². The maximum atomic E-state index is 11.9. The summed E-state index contributed by atoms with van der Waals surface area (Å²) in [4.78, 5) is 9.50. The Morgan fingerprint density at radius 3 is 2.00 bits per heavy atom. The maximum absolute atomic E-state index is 11.9. The minimum atomic E-state index is -5.08. The third kappa shape index (κ3) is 9.19. The van der Waals surface area contributed by atoms with Gasteiger partial charge >= 0.3 is 18.3 Å². The third-order valence-corrected chi connectivity index (χ3v) is 3.01. The highest BCUT2D eigenvalue weighted by Gasteiger charge is 2.38. The van der Waals surface area contributed by atoms with Crippen molar-refractivity contribution in [3.05, 3.63) is 29.8 Å². The fourth-order valence-electron chi connectivity index (χ4n) is 0.973. The SMILES string of the molecule is NCc1ccccc1SCC(F)(F)F.O=C(O)C(F)(F)F. The van der Waals surface area contributed by atoms with E-state index in [-0.39, 0.29) is 6.54 Å². The fourth-order valence-corrected chi connectivity index (χ4v) is 1.80. The summed E-state index contributed by atoms with van der Waals surface area (Å²) >= 11 is 0.774. The summed E-state index contributed by atoms with van der Waals surface area (Å²) in [7, 11) is 0. The minimum absolute atomic E-state index is 0.265. The highest BCUT2D eigenvalue weighted by atomic mass is 32.2. The first-order valence-electron chi connectivity index (χ1n) is 5.25. The van der Waals surface area contributed by atoms with E-state index < -0.39 is 24.1 Å². The minimum Gasteiger partial charge on any atom is -0.475 e. The largest absolute Gasteiger partial charge is 0.490 e. The Morgan fingerprint density at radius 1 is 1.14 bits per heavy atom. The first kappa shape index (κ1) is 19.6. The molecule has 0 fully saturated rings. The van der Waals surface area contributed by atoms with E-state index >= 15 is 0 Å². The number of hydrogen-bond acceptors (Lipinski definition) is 3. The molecular formula is C11H11F6NO2S. The van der Waals surface area contributed by atoms with Crippen LogP contribution >= 0.6 is 11.8 Å². The van der Waals surface area contributed by atoms with Gasteiger partial charge in [0.2, 0.25) is 0 Å². The molecule has 0 aliphatic heterocycles. The van der Waals surface area contributed by atoms with Gasteiger partial charge in [-0.3, -0.25) is 0 Å². The van der Waals surface area contributed by atoms with Crippen LogP contribution in [-0.2, 0) is 11.3 Å². The van der Waals surface area contributed by atoms with Gasteiger partial charge in [-0.05, 0) is 11.6 Å². The van der Waals surface area contributed by atoms with Crippen molar-refractivity contribution >= 4 is 17.7 Å². The van der Waals surface area contributed by atoms with Crippen molar-refractivity contribution < 1.29 is 36.2 Å². The molecule has 21 heavy (non-hydrogen) atoms. The number of nitrogens with two attached hydrogens (primary N) is 1. The number of carbonyl (C=O) groups is 1. The Labute approximate surface area is 120 Å². The molecule has 1 rings (SSSR count). The quantitative estimate of drug-likeness (QED) is 0.656. The zero-order valence-corrected chi connectivity index (χ0v) is 11.1. The lowest BCUT2D eigenvalue weighted by atomic mass is 10.2. The molecule has 0 saturated carbocycles. The standard InChI is InChI=1S/C9H10F3NS.C2HF3O2/c10-9(11,12)6-14-8-4-2-1-3-7(8)5-13;3-2(4,5)1(6)7/h1-4H,5-6,13H2;(H,6,7). The molecule has 3 N–H and O–H groups in total. The van der Waals surface area contributed by atoms with Gasteiger partial charge in [-0.2, -0.15) is 26.3 Å². The Balaban J connectivity index is 0.000000486. The summed E-state index contributed by atoms with van der Waals surface area (Å²) < 4.78 is 67.5. The highest BCUT2D eigenvalue weighted by molar-refractivity contribution is 7.99. The normalized spacial score (nSPS) is 11.6. The van der Waals surface area contributed by atoms with Crippen LogP contribution < -0.4 is 5.73 Å². The van der Waals surface area contributed by atoms with E-state index in [9.17, 15) is 26.3 Å². The second-order valence-electron chi connectivity index (χ2n) is 3.52. The molecule has 120 valence electrons. The molecule has 0 aromatic heterocycles. The molecule has 10 heteroatoms. The van der Waals surface area contributed by atoms with Crippen LogP contribution in [0, 0.1) is 0 Å². The fraction of sp³-hybridized carbons (Fsp3) is 0.364. The number of benzene rings is 1. The molecule has 1 aromatic carbocycles. The first-order valence-corrected chi connectivity index (χ1v) is 6.23. The molecule has 0 heterocycles. The summed E-state index contributed by atoms with van der Waals surface area (Å²) in [5.41, 5.74) is 6.15. The average Bonchev–Trinajstić information content (AvgIpc) is 2.35. The van der Waals surface area contributed by atoms with Crippen LogP contribution in [0.25, 0.3) is 0 Å². The Morgan fingerprint density at radius 2 is 1.62 bits per heavy atom. The van der Waals surface area contributed by atoms with Gasteiger partial charge in [0.25, 0.3) is 0 Å². The predicted octanol–water partition coefficient (Wildman–Crippen LogP) is 3.43. The van der Waals surface area contributed by atoms with Crippen molar-refractivity contribution in [2.75, 3.05) is 5.75 Å². The maximum Gasteiger partial charge on any atom is 0.490 e. The highest BCUT2D eigenvalue weighted by Crippen LogP contribution is 2.29. The van der Waals surface area contributed by atoms with Crippen LogP contribution in [0.4, 0.5) is 26.3 Å². The van der Waals surface area contributed by atoms with Crippen LogP contribution in [0.5, 0.6) is 0 Å². The molecule has 0 unspecified atom stereocenters. The van der Waals surface area contributed by atoms with Gasteiger partial charge < -0.3 is 10.8 Å². The summed E-state index contributed by atoms with van der Waals surface area (Å²) in [5.74, 6) is -3.63. The van der Waals surface area contributed by atoms with Crippen LogP contribution in [0.1, 0.15) is 5.56 Å². The number of aliphatic carboxylic acids is 1. The van der Waals surface area contributed by atoms with E-state index in [2.05, 4.69) is 0 Å². The zero-order valence-electron chi connectivity index (χ0n) is 10.3. The van der Waals surface area contributed by atoms with Crippen LogP contribution in [-0.4, -0.2) is 29.2 Å². The molecule has 0 bridgehead atoms. The van der Waals surface area contributed by atoms with E-state index in [1.165, 1.54) is 0 Å². The second kappa shape index (κ2) is 8.13. The van der Waals surface area contributed by atoms with Crippen molar-refractivity contribution in [1.29, 1.82) is 0 Å². The second-order valence-corrected chi connectivity index (χ2v) is 4.54. The number of carboxylic acids is 1. The van der Waals surface area contributed by atoms with Crippen molar-refractivity contribution in [2.24, 2.45) is 5.73 Å². The van der Waals surface area contributed by atoms with Crippen molar-refractivity contribution in [3.63, 3.8) is 0 Å².